The summed E-state index contributed by atoms with van der Waals surface area (Å²) in [5, 5.41) is 0. The van der Waals surface area contributed by atoms with Crippen LogP contribution in [0.1, 0.15) is 0 Å². The largest absolute Gasteiger partial charge is 2.00 e. The minimum atomic E-state index is -4.33. The van der Waals surface area contributed by atoms with E-state index in [2.05, 4.69) is 0 Å². The molecule has 12 N–H and O–H groups in total. The minimum Gasteiger partial charge on any atom is -0.744 e. The van der Waals surface area contributed by atoms with Crippen LogP contribution in [0.15, 0.2) is 58.3 Å². The number of benzene rings is 2. The van der Waals surface area contributed by atoms with Gasteiger partial charge in [-0.15, -0.1) is 0 Å². The Bertz CT molecular complexity index is 767. The molecule has 2 aromatic carbocycles. The fraction of sp³-hybridized carbons (Fsp3) is 0. The summed E-state index contributed by atoms with van der Waals surface area (Å²) in [6.45, 7) is 0. The number of nitrogen functional groups attached to an aromatic ring is 2. The number of rotatable bonds is 2. The van der Waals surface area contributed by atoms with Gasteiger partial charge in [0.1, 0.15) is 20.2 Å². The molecule has 0 amide bonds. The van der Waals surface area contributed by atoms with Gasteiger partial charge < -0.3 is 42.5 Å². The van der Waals surface area contributed by atoms with Crippen molar-refractivity contribution in [3.05, 3.63) is 48.5 Å². The van der Waals surface area contributed by atoms with Gasteiger partial charge in [0.25, 0.3) is 0 Å². The van der Waals surface area contributed by atoms with Crippen LogP contribution in [-0.4, -0.2) is 47.8 Å². The quantitative estimate of drug-likeness (QED) is 0.333. The monoisotopic (exact) mass is 475 g/mol. The first-order chi connectivity index (χ1) is 10.00. The maximum absolute atomic E-state index is 10.3. The van der Waals surface area contributed by atoms with Crippen molar-refractivity contribution in [3.8, 4) is 0 Å². The molecule has 0 aromatic heterocycles. The molecule has 0 aliphatic carbocycles. The van der Waals surface area contributed by atoms with Crippen LogP contribution in [0.2, 0.25) is 0 Å². The molecular weight excluding hydrogens is 455 g/mol. The molecule has 0 atom stereocenters. The molecule has 27 heavy (non-hydrogen) atoms. The Morgan fingerprint density at radius 1 is 0.556 bits per heavy atom. The maximum Gasteiger partial charge on any atom is 2.00 e. The Balaban J connectivity index is -0.000000101. The molecule has 159 valence electrons. The molecule has 12 nitrogen and oxygen atoms in total. The van der Waals surface area contributed by atoms with E-state index < -0.39 is 20.2 Å². The third-order valence-corrected chi connectivity index (χ3v) is 4.04. The van der Waals surface area contributed by atoms with E-state index in [0.29, 0.717) is 11.4 Å². The third kappa shape index (κ3) is 13.1. The zero-order valence-electron chi connectivity index (χ0n) is 13.4. The van der Waals surface area contributed by atoms with E-state index in [4.69, 9.17) is 11.5 Å². The van der Waals surface area contributed by atoms with Crippen molar-refractivity contribution in [1.29, 1.82) is 0 Å². The van der Waals surface area contributed by atoms with Crippen molar-refractivity contribution < 1.29 is 64.6 Å². The molecule has 0 unspecified atom stereocenters. The van der Waals surface area contributed by atoms with Crippen molar-refractivity contribution in [2.75, 3.05) is 11.5 Å². The molecule has 0 spiro atoms. The predicted octanol–water partition coefficient (Wildman–Crippen LogP) is -2.96. The zero-order valence-corrected chi connectivity index (χ0v) is 16.0. The van der Waals surface area contributed by atoms with Crippen LogP contribution in [0, 0.1) is 0 Å². The van der Waals surface area contributed by atoms with Gasteiger partial charge in [0.15, 0.2) is 0 Å². The molecule has 2 aromatic rings. The first kappa shape index (κ1) is 36.2. The second kappa shape index (κ2) is 14.3. The summed E-state index contributed by atoms with van der Waals surface area (Å²) in [5.74, 6) is 0. The van der Waals surface area contributed by atoms with Gasteiger partial charge in [0, 0.05) is 11.4 Å². The molecule has 0 aliphatic heterocycles. The minimum absolute atomic E-state index is 0. The van der Waals surface area contributed by atoms with E-state index >= 15 is 0 Å². The summed E-state index contributed by atoms with van der Waals surface area (Å²) in [7, 11) is -8.65. The van der Waals surface area contributed by atoms with Gasteiger partial charge in [-0.05, 0) is 48.5 Å². The summed E-state index contributed by atoms with van der Waals surface area (Å²) < 4.78 is 62.1. The molecule has 0 bridgehead atoms. The van der Waals surface area contributed by atoms with E-state index in [1.165, 1.54) is 48.5 Å². The van der Waals surface area contributed by atoms with Crippen LogP contribution in [0.5, 0.6) is 0 Å². The van der Waals surface area contributed by atoms with Crippen molar-refractivity contribution >= 4 is 31.6 Å². The van der Waals surface area contributed by atoms with Crippen molar-refractivity contribution in [2.45, 2.75) is 9.79 Å². The van der Waals surface area contributed by atoms with Crippen LogP contribution in [0.25, 0.3) is 0 Å². The molecule has 0 aliphatic rings. The predicted molar refractivity (Wildman–Crippen MR) is 92.1 cm³/mol. The Morgan fingerprint density at radius 3 is 0.889 bits per heavy atom. The van der Waals surface area contributed by atoms with Crippen molar-refractivity contribution in [3.63, 3.8) is 0 Å². The van der Waals surface area contributed by atoms with Gasteiger partial charge in [0.05, 0.1) is 9.79 Å². The number of nitrogens with two attached hydrogens (primary N) is 2. The summed E-state index contributed by atoms with van der Waals surface area (Å²) >= 11 is 0. The molecule has 2 rings (SSSR count). The van der Waals surface area contributed by atoms with Crippen molar-refractivity contribution in [1.82, 2.24) is 0 Å². The standard InChI is InChI=1S/2C6H7NO3S.Co.4H2O/c2*7-5-1-3-6(4-2-5)11(8,9)10;;;;;/h2*1-4H,7H2,(H,8,9,10);;4*1H2/q;;+2;;;;/p-2. The van der Waals surface area contributed by atoms with Gasteiger partial charge in [-0.25, -0.2) is 16.8 Å². The van der Waals surface area contributed by atoms with E-state index in [0.717, 1.165) is 0 Å². The molecule has 0 fully saturated rings. The summed E-state index contributed by atoms with van der Waals surface area (Å²) in [6, 6.07) is 10.2. The second-order valence-electron chi connectivity index (χ2n) is 4.05. The van der Waals surface area contributed by atoms with Gasteiger partial charge in [-0.2, -0.15) is 0 Å². The van der Waals surface area contributed by atoms with E-state index in [1.807, 2.05) is 0 Å². The number of hydrogen-bond donors (Lipinski definition) is 2. The Kier molecular flexibility index (Phi) is 19.1. The second-order valence-corrected chi connectivity index (χ2v) is 6.81. The van der Waals surface area contributed by atoms with E-state index in [1.54, 1.807) is 0 Å². The average molecular weight is 475 g/mol. The molecule has 0 saturated heterocycles. The van der Waals surface area contributed by atoms with Gasteiger partial charge >= 0.3 is 16.8 Å². The van der Waals surface area contributed by atoms with Crippen LogP contribution in [0.4, 0.5) is 11.4 Å². The molecular formula is C12H20CoN2O10S2. The topological polar surface area (TPSA) is 292 Å². The van der Waals surface area contributed by atoms with Crippen LogP contribution in [-0.2, 0) is 37.0 Å². The Hall–Kier alpha value is -1.79. The van der Waals surface area contributed by atoms with E-state index in [-0.39, 0.29) is 48.5 Å². The molecule has 0 saturated carbocycles. The summed E-state index contributed by atoms with van der Waals surface area (Å²) in [6.07, 6.45) is 0. The zero-order chi connectivity index (χ0) is 17.0. The average Bonchev–Trinajstić information content (AvgIpc) is 2.38. The molecule has 15 heteroatoms. The van der Waals surface area contributed by atoms with Crippen LogP contribution in [0.3, 0.4) is 0 Å². The van der Waals surface area contributed by atoms with Crippen molar-refractivity contribution in [2.24, 2.45) is 0 Å². The molecule has 0 heterocycles. The maximum atomic E-state index is 10.3. The Morgan fingerprint density at radius 2 is 0.741 bits per heavy atom. The molecule has 1 radical (unpaired) electrons. The first-order valence-electron chi connectivity index (χ1n) is 5.63. The van der Waals surface area contributed by atoms with Crippen LogP contribution < -0.4 is 11.5 Å². The first-order valence-corrected chi connectivity index (χ1v) is 8.44. The van der Waals surface area contributed by atoms with E-state index in [9.17, 15) is 25.9 Å². The normalized spacial score (nSPS) is 9.26. The fourth-order valence-electron chi connectivity index (χ4n) is 1.27. The fourth-order valence-corrected chi connectivity index (χ4v) is 2.21. The van der Waals surface area contributed by atoms with Gasteiger partial charge in [-0.3, -0.25) is 0 Å². The Labute approximate surface area is 166 Å². The smallest absolute Gasteiger partial charge is 0.744 e. The third-order valence-electron chi connectivity index (χ3n) is 2.34. The van der Waals surface area contributed by atoms with Crippen LogP contribution >= 0.6 is 0 Å². The number of hydrogen-bond acceptors (Lipinski definition) is 8. The summed E-state index contributed by atoms with van der Waals surface area (Å²) in [4.78, 5) is -0.515. The van der Waals surface area contributed by atoms with Gasteiger partial charge in [-0.1, -0.05) is 0 Å². The van der Waals surface area contributed by atoms with Gasteiger partial charge in [0.2, 0.25) is 0 Å². The SMILES string of the molecule is Nc1ccc(S(=O)(=O)[O-])cc1.Nc1ccc(S(=O)(=O)[O-])cc1.O.O.O.O.[Co+2]. The summed E-state index contributed by atoms with van der Waals surface area (Å²) in [5.41, 5.74) is 11.4. The number of anilines is 2.